The minimum Gasteiger partial charge on any atom is -0.490 e. The maximum Gasteiger partial charge on any atom is 0.122 e. The fourth-order valence-corrected chi connectivity index (χ4v) is 5.13. The number of rotatable bonds is 25. The Bertz CT molecular complexity index is 819. The lowest BCUT2D eigenvalue weighted by molar-refractivity contribution is -0.0228. The molecule has 2 aromatic carbocycles. The van der Waals surface area contributed by atoms with Crippen LogP contribution in [0.5, 0.6) is 5.75 Å². The molecule has 0 amide bonds. The fraction of sp³-hybridized carbons (Fsp3) is 0.667. The topological polar surface area (TPSA) is 38.7 Å². The maximum absolute atomic E-state index is 9.88. The van der Waals surface area contributed by atoms with E-state index >= 15 is 0 Å². The lowest BCUT2D eigenvalue weighted by atomic mass is 10.00. The van der Waals surface area contributed by atoms with Gasteiger partial charge in [-0.2, -0.15) is 0 Å². The van der Waals surface area contributed by atoms with E-state index in [0.29, 0.717) is 13.2 Å². The number of hydrogen-bond donors (Lipinski definition) is 1. The van der Waals surface area contributed by atoms with E-state index < -0.39 is 0 Å². The van der Waals surface area contributed by atoms with E-state index in [0.717, 1.165) is 24.2 Å². The van der Waals surface area contributed by atoms with Gasteiger partial charge in [0.05, 0.1) is 13.2 Å². The van der Waals surface area contributed by atoms with Crippen molar-refractivity contribution in [2.75, 3.05) is 13.2 Å². The zero-order valence-corrected chi connectivity index (χ0v) is 25.3. The van der Waals surface area contributed by atoms with E-state index in [9.17, 15) is 5.11 Å². The third-order valence-corrected chi connectivity index (χ3v) is 7.71. The summed E-state index contributed by atoms with van der Waals surface area (Å²) in [6.45, 7) is 5.35. The predicted molar refractivity (Wildman–Crippen MR) is 167 cm³/mol. The lowest BCUT2D eigenvalue weighted by Crippen LogP contribution is -2.25. The molecule has 0 aliphatic carbocycles. The van der Waals surface area contributed by atoms with Gasteiger partial charge < -0.3 is 14.6 Å². The maximum atomic E-state index is 9.88. The molecule has 2 aromatic rings. The van der Waals surface area contributed by atoms with E-state index in [4.69, 9.17) is 9.47 Å². The largest absolute Gasteiger partial charge is 0.490 e. The van der Waals surface area contributed by atoms with Crippen LogP contribution in [0.15, 0.2) is 48.5 Å². The molecular weight excluding hydrogens is 480 g/mol. The van der Waals surface area contributed by atoms with Gasteiger partial charge in [0, 0.05) is 0 Å². The van der Waals surface area contributed by atoms with Crippen LogP contribution in [0.1, 0.15) is 133 Å². The molecule has 3 heteroatoms. The second kappa shape index (κ2) is 22.9. The Morgan fingerprint density at radius 2 is 1.18 bits per heavy atom. The van der Waals surface area contributed by atoms with Crippen molar-refractivity contribution >= 4 is 0 Å². The molecule has 0 heterocycles. The number of aliphatic hydroxyl groups is 1. The molecule has 3 nitrogen and oxygen atoms in total. The van der Waals surface area contributed by atoms with Crippen molar-refractivity contribution in [3.63, 3.8) is 0 Å². The summed E-state index contributed by atoms with van der Waals surface area (Å²) in [7, 11) is 0. The lowest BCUT2D eigenvalue weighted by Gasteiger charge is -2.19. The normalized spacial score (nSPS) is 12.1. The van der Waals surface area contributed by atoms with Crippen LogP contribution >= 0.6 is 0 Å². The molecule has 0 aromatic heterocycles. The van der Waals surface area contributed by atoms with Gasteiger partial charge in [0.25, 0.3) is 0 Å². The van der Waals surface area contributed by atoms with Gasteiger partial charge in [-0.25, -0.2) is 0 Å². The molecule has 0 bridgehead atoms. The van der Waals surface area contributed by atoms with Crippen LogP contribution in [0, 0.1) is 0 Å². The monoisotopic (exact) mass is 538 g/mol. The summed E-state index contributed by atoms with van der Waals surface area (Å²) in [6.07, 6.45) is 23.3. The molecule has 220 valence electrons. The Morgan fingerprint density at radius 3 is 1.79 bits per heavy atom. The standard InChI is InChI=1S/C36H58O3/c1-3-5-7-9-10-11-12-13-14-15-16-18-22-32-26-27-34(25-21-8-6-4-2)36(28-32)39-31-35(29-37)38-30-33-23-19-17-20-24-33/h17,19-20,23-24,26-28,35,37H,3-16,18,21-22,25,29-31H2,1-2H3. The van der Waals surface area contributed by atoms with Gasteiger partial charge >= 0.3 is 0 Å². The molecule has 0 saturated carbocycles. The average Bonchev–Trinajstić information content (AvgIpc) is 2.97. The first-order valence-corrected chi connectivity index (χ1v) is 16.3. The highest BCUT2D eigenvalue weighted by atomic mass is 16.5. The van der Waals surface area contributed by atoms with Gasteiger partial charge in [-0.1, -0.05) is 146 Å². The van der Waals surface area contributed by atoms with Crippen LogP contribution in [0.25, 0.3) is 0 Å². The zero-order valence-electron chi connectivity index (χ0n) is 25.3. The predicted octanol–water partition coefficient (Wildman–Crippen LogP) is 10.0. The van der Waals surface area contributed by atoms with Gasteiger partial charge in [-0.3, -0.25) is 0 Å². The number of aliphatic hydroxyl groups excluding tert-OH is 1. The van der Waals surface area contributed by atoms with Crippen molar-refractivity contribution in [2.24, 2.45) is 0 Å². The van der Waals surface area contributed by atoms with Crippen molar-refractivity contribution in [2.45, 2.75) is 142 Å². The molecule has 0 spiro atoms. The summed E-state index contributed by atoms with van der Waals surface area (Å²) in [5.41, 5.74) is 3.75. The molecule has 1 unspecified atom stereocenters. The van der Waals surface area contributed by atoms with Gasteiger partial charge in [0.2, 0.25) is 0 Å². The summed E-state index contributed by atoms with van der Waals surface area (Å²) < 4.78 is 12.3. The number of unbranched alkanes of at least 4 members (excludes halogenated alkanes) is 14. The molecule has 0 saturated heterocycles. The molecule has 0 radical (unpaired) electrons. The molecule has 39 heavy (non-hydrogen) atoms. The van der Waals surface area contributed by atoms with Crippen LogP contribution in [0.2, 0.25) is 0 Å². The zero-order chi connectivity index (χ0) is 27.8. The highest BCUT2D eigenvalue weighted by Crippen LogP contribution is 2.25. The van der Waals surface area contributed by atoms with E-state index in [-0.39, 0.29) is 12.7 Å². The Kier molecular flexibility index (Phi) is 19.6. The molecule has 1 N–H and O–H groups in total. The summed E-state index contributed by atoms with van der Waals surface area (Å²) in [5, 5.41) is 9.88. The van der Waals surface area contributed by atoms with Crippen molar-refractivity contribution < 1.29 is 14.6 Å². The fourth-order valence-electron chi connectivity index (χ4n) is 5.13. The number of hydrogen-bond acceptors (Lipinski definition) is 3. The Hall–Kier alpha value is -1.84. The van der Waals surface area contributed by atoms with Crippen molar-refractivity contribution in [3.8, 4) is 5.75 Å². The van der Waals surface area contributed by atoms with Crippen LogP contribution in [0.4, 0.5) is 0 Å². The third kappa shape index (κ3) is 16.1. The van der Waals surface area contributed by atoms with Crippen LogP contribution < -0.4 is 4.74 Å². The molecule has 0 aliphatic heterocycles. The SMILES string of the molecule is CCCCCCCCCCCCCCc1ccc(CCCCCC)c(OCC(CO)OCc2ccccc2)c1. The minimum absolute atomic E-state index is 0.0444. The second-order valence-electron chi connectivity index (χ2n) is 11.3. The molecule has 0 aliphatic rings. The Morgan fingerprint density at radius 1 is 0.615 bits per heavy atom. The van der Waals surface area contributed by atoms with Gasteiger partial charge in [-0.15, -0.1) is 0 Å². The van der Waals surface area contributed by atoms with Crippen LogP contribution in [-0.2, 0) is 24.2 Å². The van der Waals surface area contributed by atoms with E-state index in [1.165, 1.54) is 114 Å². The van der Waals surface area contributed by atoms with E-state index in [2.05, 4.69) is 32.0 Å². The summed E-state index contributed by atoms with van der Waals surface area (Å²) in [4.78, 5) is 0. The number of benzene rings is 2. The average molecular weight is 539 g/mol. The molecule has 1 atom stereocenters. The van der Waals surface area contributed by atoms with Crippen LogP contribution in [-0.4, -0.2) is 24.4 Å². The quantitative estimate of drug-likeness (QED) is 0.128. The first-order valence-electron chi connectivity index (χ1n) is 16.3. The highest BCUT2D eigenvalue weighted by molar-refractivity contribution is 5.38. The van der Waals surface area contributed by atoms with Gasteiger partial charge in [0.15, 0.2) is 0 Å². The third-order valence-electron chi connectivity index (χ3n) is 7.71. The summed E-state index contributed by atoms with van der Waals surface area (Å²) >= 11 is 0. The minimum atomic E-state index is -0.335. The van der Waals surface area contributed by atoms with E-state index in [1.54, 1.807) is 0 Å². The first kappa shape index (κ1) is 33.4. The van der Waals surface area contributed by atoms with Crippen LogP contribution in [0.3, 0.4) is 0 Å². The summed E-state index contributed by atoms with van der Waals surface area (Å²) in [6, 6.07) is 16.9. The molecule has 2 rings (SSSR count). The van der Waals surface area contributed by atoms with Gasteiger partial charge in [0.1, 0.15) is 18.5 Å². The van der Waals surface area contributed by atoms with Crippen molar-refractivity contribution in [3.05, 3.63) is 65.2 Å². The smallest absolute Gasteiger partial charge is 0.122 e. The Balaban J connectivity index is 1.76. The Labute approximate surface area is 240 Å². The van der Waals surface area contributed by atoms with Crippen molar-refractivity contribution in [1.82, 2.24) is 0 Å². The van der Waals surface area contributed by atoms with E-state index in [1.807, 2.05) is 30.3 Å². The number of aryl methyl sites for hydroxylation is 2. The summed E-state index contributed by atoms with van der Waals surface area (Å²) in [5.74, 6) is 0.977. The highest BCUT2D eigenvalue weighted by Gasteiger charge is 2.12. The van der Waals surface area contributed by atoms with Crippen molar-refractivity contribution in [1.29, 1.82) is 0 Å². The first-order chi connectivity index (χ1) is 19.3. The molecular formula is C36H58O3. The van der Waals surface area contributed by atoms with Gasteiger partial charge in [-0.05, 0) is 48.4 Å². The second-order valence-corrected chi connectivity index (χ2v) is 11.3. The number of ether oxygens (including phenoxy) is 2. The molecule has 0 fully saturated rings.